The Morgan fingerprint density at radius 3 is 2.91 bits per heavy atom. The maximum Gasteiger partial charge on any atom is 0.166 e. The van der Waals surface area contributed by atoms with E-state index in [9.17, 15) is 4.39 Å². The van der Waals surface area contributed by atoms with Crippen molar-refractivity contribution in [1.82, 2.24) is 4.98 Å². The summed E-state index contributed by atoms with van der Waals surface area (Å²) in [7, 11) is 0. The van der Waals surface area contributed by atoms with Crippen LogP contribution in [0.1, 0.15) is 5.69 Å². The molecule has 0 aliphatic heterocycles. The molecule has 1 heterocycles. The topological polar surface area (TPSA) is 59.1 Å². The number of anilines is 1. The Labute approximate surface area is 67.6 Å². The first-order chi connectivity index (χ1) is 5.15. The van der Waals surface area contributed by atoms with Crippen molar-refractivity contribution >= 4 is 17.4 Å². The summed E-state index contributed by atoms with van der Waals surface area (Å²) >= 11 is 5.48. The number of nitrogen functional groups attached to an aromatic ring is 1. The van der Waals surface area contributed by atoms with Crippen LogP contribution in [0.15, 0.2) is 6.07 Å². The fourth-order valence-electron chi connectivity index (χ4n) is 0.632. The SMILES string of the molecule is Nc1nc(CO)c(Cl)cc1F. The lowest BCUT2D eigenvalue weighted by atomic mass is 10.3. The molecule has 5 heteroatoms. The van der Waals surface area contributed by atoms with Gasteiger partial charge in [0.05, 0.1) is 17.3 Å². The van der Waals surface area contributed by atoms with Crippen molar-refractivity contribution in [2.24, 2.45) is 0 Å². The minimum absolute atomic E-state index is 0.0826. The molecule has 3 nitrogen and oxygen atoms in total. The highest BCUT2D eigenvalue weighted by Gasteiger charge is 2.06. The zero-order chi connectivity index (χ0) is 8.43. The second-order valence-corrected chi connectivity index (χ2v) is 2.35. The molecule has 0 radical (unpaired) electrons. The first kappa shape index (κ1) is 8.23. The molecule has 0 bridgehead atoms. The van der Waals surface area contributed by atoms with E-state index in [-0.39, 0.29) is 23.1 Å². The number of hydrogen-bond donors (Lipinski definition) is 2. The molecule has 0 aliphatic rings. The lowest BCUT2D eigenvalue weighted by molar-refractivity contribution is 0.277. The van der Waals surface area contributed by atoms with Gasteiger partial charge in [0.2, 0.25) is 0 Å². The van der Waals surface area contributed by atoms with E-state index in [1.54, 1.807) is 0 Å². The number of hydrogen-bond acceptors (Lipinski definition) is 3. The molecule has 0 saturated heterocycles. The van der Waals surface area contributed by atoms with Gasteiger partial charge in [-0.25, -0.2) is 9.37 Å². The van der Waals surface area contributed by atoms with Crippen LogP contribution >= 0.6 is 11.6 Å². The predicted octanol–water partition coefficient (Wildman–Crippen LogP) is 0.949. The molecular formula is C6H6ClFN2O. The van der Waals surface area contributed by atoms with E-state index in [0.29, 0.717) is 0 Å². The van der Waals surface area contributed by atoms with Crippen molar-refractivity contribution in [3.05, 3.63) is 22.6 Å². The summed E-state index contributed by atoms with van der Waals surface area (Å²) in [5.74, 6) is -0.925. The Kier molecular flexibility index (Phi) is 2.26. The zero-order valence-electron chi connectivity index (χ0n) is 5.51. The first-order valence-corrected chi connectivity index (χ1v) is 3.24. The number of pyridine rings is 1. The molecule has 0 aromatic carbocycles. The molecule has 0 saturated carbocycles. The number of nitrogens with two attached hydrogens (primary N) is 1. The molecule has 0 aliphatic carbocycles. The van der Waals surface area contributed by atoms with Gasteiger partial charge < -0.3 is 10.8 Å². The van der Waals surface area contributed by atoms with Crippen LogP contribution in [0, 0.1) is 5.82 Å². The van der Waals surface area contributed by atoms with Gasteiger partial charge >= 0.3 is 0 Å². The lowest BCUT2D eigenvalue weighted by Gasteiger charge is -2.00. The van der Waals surface area contributed by atoms with Gasteiger partial charge in [-0.3, -0.25) is 0 Å². The van der Waals surface area contributed by atoms with E-state index in [2.05, 4.69) is 4.98 Å². The van der Waals surface area contributed by atoms with Gasteiger partial charge in [0.1, 0.15) is 0 Å². The molecule has 0 unspecified atom stereocenters. The highest BCUT2D eigenvalue weighted by Crippen LogP contribution is 2.18. The van der Waals surface area contributed by atoms with Crippen molar-refractivity contribution in [1.29, 1.82) is 0 Å². The quantitative estimate of drug-likeness (QED) is 0.670. The van der Waals surface area contributed by atoms with Crippen LogP contribution in [-0.2, 0) is 6.61 Å². The maximum absolute atomic E-state index is 12.5. The Balaban J connectivity index is 3.21. The molecule has 11 heavy (non-hydrogen) atoms. The predicted molar refractivity (Wildman–Crippen MR) is 39.5 cm³/mol. The molecular weight excluding hydrogens is 171 g/mol. The largest absolute Gasteiger partial charge is 0.390 e. The van der Waals surface area contributed by atoms with E-state index in [1.165, 1.54) is 0 Å². The average molecular weight is 177 g/mol. The standard InChI is InChI=1S/C6H6ClFN2O/c7-3-1-4(8)6(9)10-5(3)2-11/h1,11H,2H2,(H2,9,10). The summed E-state index contributed by atoms with van der Waals surface area (Å²) in [6.45, 7) is -0.344. The third-order valence-electron chi connectivity index (χ3n) is 1.18. The van der Waals surface area contributed by atoms with Crippen molar-refractivity contribution in [3.63, 3.8) is 0 Å². The molecule has 0 atom stereocenters. The molecule has 0 spiro atoms. The van der Waals surface area contributed by atoms with Crippen molar-refractivity contribution in [2.45, 2.75) is 6.61 Å². The minimum Gasteiger partial charge on any atom is -0.390 e. The number of aromatic nitrogens is 1. The van der Waals surface area contributed by atoms with E-state index in [0.717, 1.165) is 6.07 Å². The third kappa shape index (κ3) is 1.58. The van der Waals surface area contributed by atoms with Gasteiger partial charge in [-0.15, -0.1) is 0 Å². The van der Waals surface area contributed by atoms with Crippen LogP contribution in [-0.4, -0.2) is 10.1 Å². The highest BCUT2D eigenvalue weighted by molar-refractivity contribution is 6.31. The molecule has 1 aromatic rings. The Bertz CT molecular complexity index is 280. The van der Waals surface area contributed by atoms with Crippen LogP contribution < -0.4 is 5.73 Å². The number of aliphatic hydroxyl groups is 1. The third-order valence-corrected chi connectivity index (χ3v) is 1.51. The highest BCUT2D eigenvalue weighted by atomic mass is 35.5. The average Bonchev–Trinajstić information content (AvgIpc) is 1.97. The normalized spacial score (nSPS) is 10.1. The second-order valence-electron chi connectivity index (χ2n) is 1.94. The summed E-state index contributed by atoms with van der Waals surface area (Å²) in [4.78, 5) is 3.51. The van der Waals surface area contributed by atoms with E-state index in [1.807, 2.05) is 0 Å². The van der Waals surface area contributed by atoms with E-state index < -0.39 is 5.82 Å². The summed E-state index contributed by atoms with van der Waals surface area (Å²) in [5, 5.41) is 8.69. The van der Waals surface area contributed by atoms with Crippen molar-refractivity contribution in [2.75, 3.05) is 5.73 Å². The Morgan fingerprint density at radius 2 is 2.36 bits per heavy atom. The molecule has 60 valence electrons. The van der Waals surface area contributed by atoms with Crippen LogP contribution in [0.25, 0.3) is 0 Å². The first-order valence-electron chi connectivity index (χ1n) is 2.86. The Hall–Kier alpha value is -0.870. The van der Waals surface area contributed by atoms with Gasteiger partial charge in [0.15, 0.2) is 11.6 Å². The maximum atomic E-state index is 12.5. The fourth-order valence-corrected chi connectivity index (χ4v) is 0.829. The fraction of sp³-hybridized carbons (Fsp3) is 0.167. The second kappa shape index (κ2) is 3.02. The van der Waals surface area contributed by atoms with Gasteiger partial charge in [0, 0.05) is 0 Å². The number of aliphatic hydroxyl groups excluding tert-OH is 1. The van der Waals surface area contributed by atoms with Crippen LogP contribution in [0.4, 0.5) is 10.2 Å². The number of halogens is 2. The lowest BCUT2D eigenvalue weighted by Crippen LogP contribution is -1.99. The van der Waals surface area contributed by atoms with Crippen LogP contribution in [0.3, 0.4) is 0 Å². The smallest absolute Gasteiger partial charge is 0.166 e. The zero-order valence-corrected chi connectivity index (χ0v) is 6.27. The van der Waals surface area contributed by atoms with E-state index >= 15 is 0 Å². The van der Waals surface area contributed by atoms with Crippen LogP contribution in [0.2, 0.25) is 5.02 Å². The summed E-state index contributed by atoms with van der Waals surface area (Å²) in [6, 6.07) is 1.02. The summed E-state index contributed by atoms with van der Waals surface area (Å²) in [5.41, 5.74) is 5.29. The van der Waals surface area contributed by atoms with Crippen molar-refractivity contribution < 1.29 is 9.50 Å². The minimum atomic E-state index is -0.674. The molecule has 0 fully saturated rings. The molecule has 3 N–H and O–H groups in total. The Morgan fingerprint density at radius 1 is 1.73 bits per heavy atom. The monoisotopic (exact) mass is 176 g/mol. The van der Waals surface area contributed by atoms with E-state index in [4.69, 9.17) is 22.4 Å². The van der Waals surface area contributed by atoms with Gasteiger partial charge in [0.25, 0.3) is 0 Å². The van der Waals surface area contributed by atoms with Gasteiger partial charge in [-0.05, 0) is 6.07 Å². The molecule has 1 rings (SSSR count). The van der Waals surface area contributed by atoms with Crippen molar-refractivity contribution in [3.8, 4) is 0 Å². The summed E-state index contributed by atoms with van der Waals surface area (Å²) < 4.78 is 12.5. The molecule has 0 amide bonds. The van der Waals surface area contributed by atoms with Gasteiger partial charge in [-0.2, -0.15) is 0 Å². The number of rotatable bonds is 1. The number of nitrogens with zero attached hydrogens (tertiary/aromatic N) is 1. The van der Waals surface area contributed by atoms with Crippen LogP contribution in [0.5, 0.6) is 0 Å². The summed E-state index contributed by atoms with van der Waals surface area (Å²) in [6.07, 6.45) is 0. The molecule has 1 aromatic heterocycles. The van der Waals surface area contributed by atoms with Gasteiger partial charge in [-0.1, -0.05) is 11.6 Å².